The lowest BCUT2D eigenvalue weighted by molar-refractivity contribution is -0.209. The van der Waals surface area contributed by atoms with Crippen LogP contribution in [0.5, 0.6) is 0 Å². The highest BCUT2D eigenvalue weighted by atomic mass is 31.1. The lowest BCUT2D eigenvalue weighted by atomic mass is 10.1. The summed E-state index contributed by atoms with van der Waals surface area (Å²) >= 11 is 0. The molecule has 2 unspecified atom stereocenters. The summed E-state index contributed by atoms with van der Waals surface area (Å²) in [6.07, 6.45) is 4.24. The Morgan fingerprint density at radius 2 is 2.14 bits per heavy atom. The molecule has 0 radical (unpaired) electrons. The van der Waals surface area contributed by atoms with Crippen molar-refractivity contribution >= 4 is 20.1 Å². The van der Waals surface area contributed by atoms with Crippen molar-refractivity contribution in [3.63, 3.8) is 0 Å². The molecule has 2 atom stereocenters. The van der Waals surface area contributed by atoms with Crippen LogP contribution in [-0.2, 0) is 28.5 Å². The Morgan fingerprint density at radius 3 is 2.82 bits per heavy atom. The average Bonchev–Trinajstić information content (AvgIpc) is 2.84. The van der Waals surface area contributed by atoms with Crippen molar-refractivity contribution in [2.24, 2.45) is 5.92 Å². The summed E-state index contributed by atoms with van der Waals surface area (Å²) in [4.78, 5) is 37.9. The summed E-state index contributed by atoms with van der Waals surface area (Å²) in [7, 11) is -2.82. The number of hydrogen-bond acceptors (Lipinski definition) is 6. The minimum atomic E-state index is -2.82. The van der Waals surface area contributed by atoms with E-state index in [2.05, 4.69) is 16.5 Å². The Bertz CT molecular complexity index is 391. The molecule has 1 N–H and O–H groups in total. The van der Waals surface area contributed by atoms with E-state index in [9.17, 15) is 14.2 Å². The van der Waals surface area contributed by atoms with Gasteiger partial charge in [0.05, 0.1) is 17.2 Å². The maximum Gasteiger partial charge on any atom is 0.725 e. The molecule has 1 aliphatic heterocycles. The molecule has 0 bridgehead atoms. The topological polar surface area (TPSA) is 102 Å². The van der Waals surface area contributed by atoms with Crippen molar-refractivity contribution in [3.8, 4) is 0 Å². The number of amides is 1. The van der Waals surface area contributed by atoms with Gasteiger partial charge in [0.25, 0.3) is 0 Å². The molecule has 1 heterocycles. The first-order valence-electron chi connectivity index (χ1n) is 7.44. The number of unbranched alkanes of at least 4 members (excludes halogenated alkanes) is 3. The van der Waals surface area contributed by atoms with E-state index in [0.29, 0.717) is 6.61 Å². The summed E-state index contributed by atoms with van der Waals surface area (Å²) in [5.41, 5.74) is 0. The Hall–Kier alpha value is -1.08. The molecule has 22 heavy (non-hydrogen) atoms. The highest BCUT2D eigenvalue weighted by Gasteiger charge is 2.35. The van der Waals surface area contributed by atoms with Crippen LogP contribution in [-0.4, -0.2) is 48.0 Å². The van der Waals surface area contributed by atoms with E-state index in [1.165, 1.54) is 4.90 Å². The molecule has 0 aliphatic carbocycles. The van der Waals surface area contributed by atoms with Crippen LogP contribution >= 0.6 is 8.25 Å². The number of carbonyl (C=O) groups excluding carboxylic acids is 2. The maximum atomic E-state index is 11.9. The zero-order chi connectivity index (χ0) is 16.4. The second kappa shape index (κ2) is 10.6. The first-order valence-corrected chi connectivity index (χ1v) is 8.57. The van der Waals surface area contributed by atoms with Crippen molar-refractivity contribution in [3.05, 3.63) is 0 Å². The Labute approximate surface area is 130 Å². The second-order valence-electron chi connectivity index (χ2n) is 5.10. The maximum absolute atomic E-state index is 11.9. The van der Waals surface area contributed by atoms with E-state index in [1.54, 1.807) is 0 Å². The third-order valence-electron chi connectivity index (χ3n) is 3.35. The van der Waals surface area contributed by atoms with E-state index in [0.717, 1.165) is 25.7 Å². The van der Waals surface area contributed by atoms with Gasteiger partial charge in [0.15, 0.2) is 0 Å². The van der Waals surface area contributed by atoms with Crippen LogP contribution in [0.4, 0.5) is 0 Å². The predicted molar refractivity (Wildman–Crippen MR) is 76.7 cm³/mol. The van der Waals surface area contributed by atoms with Crippen molar-refractivity contribution in [2.75, 3.05) is 26.3 Å². The summed E-state index contributed by atoms with van der Waals surface area (Å²) < 4.78 is 19.4. The van der Waals surface area contributed by atoms with Crippen LogP contribution in [0.25, 0.3) is 0 Å². The summed E-state index contributed by atoms with van der Waals surface area (Å²) in [6.45, 7) is 2.94. The van der Waals surface area contributed by atoms with E-state index < -0.39 is 14.2 Å². The van der Waals surface area contributed by atoms with Crippen molar-refractivity contribution in [1.29, 1.82) is 0 Å². The van der Waals surface area contributed by atoms with Gasteiger partial charge < -0.3 is 9.64 Å². The van der Waals surface area contributed by atoms with Gasteiger partial charge in [-0.05, 0) is 6.42 Å². The minimum absolute atomic E-state index is 0.0356. The van der Waals surface area contributed by atoms with Crippen molar-refractivity contribution in [1.82, 2.24) is 4.90 Å². The van der Waals surface area contributed by atoms with E-state index in [4.69, 9.17) is 9.63 Å². The standard InChI is InChI=1S/C13H22NO7P/c1-2-3-4-5-7-19-13(16)11-9-12(15)14(10-11)6-8-20-21-22(17)18/h11H,2-10H2,1H3/p+1. The molecule has 0 aromatic rings. The van der Waals surface area contributed by atoms with Gasteiger partial charge in [-0.2, -0.15) is 4.89 Å². The van der Waals surface area contributed by atoms with Gasteiger partial charge in [0.1, 0.15) is 6.61 Å². The lowest BCUT2D eigenvalue weighted by Crippen LogP contribution is -2.30. The Balaban J connectivity index is 2.20. The van der Waals surface area contributed by atoms with Crippen molar-refractivity contribution in [2.45, 2.75) is 39.0 Å². The van der Waals surface area contributed by atoms with Crippen LogP contribution in [0.1, 0.15) is 39.0 Å². The fourth-order valence-corrected chi connectivity index (χ4v) is 2.36. The van der Waals surface area contributed by atoms with Gasteiger partial charge in [0, 0.05) is 24.1 Å². The van der Waals surface area contributed by atoms with Gasteiger partial charge in [0.2, 0.25) is 5.91 Å². The Kier molecular flexibility index (Phi) is 9.15. The summed E-state index contributed by atoms with van der Waals surface area (Å²) in [5.74, 6) is -0.957. The molecular weight excluding hydrogens is 313 g/mol. The van der Waals surface area contributed by atoms with Gasteiger partial charge >= 0.3 is 14.2 Å². The summed E-state index contributed by atoms with van der Waals surface area (Å²) in [6, 6.07) is 0. The molecule has 0 saturated carbocycles. The van der Waals surface area contributed by atoms with E-state index >= 15 is 0 Å². The fourth-order valence-electron chi connectivity index (χ4n) is 2.20. The van der Waals surface area contributed by atoms with Crippen LogP contribution in [0.3, 0.4) is 0 Å². The molecule has 9 heteroatoms. The smallest absolute Gasteiger partial charge is 0.465 e. The van der Waals surface area contributed by atoms with Crippen LogP contribution in [0.15, 0.2) is 0 Å². The van der Waals surface area contributed by atoms with E-state index in [-0.39, 0.29) is 38.0 Å². The van der Waals surface area contributed by atoms with Gasteiger partial charge in [-0.1, -0.05) is 26.2 Å². The van der Waals surface area contributed by atoms with Crippen molar-refractivity contribution < 1.29 is 33.3 Å². The fraction of sp³-hybridized carbons (Fsp3) is 0.846. The number of esters is 1. The largest absolute Gasteiger partial charge is 0.725 e. The molecule has 0 spiro atoms. The van der Waals surface area contributed by atoms with Crippen LogP contribution < -0.4 is 0 Å². The molecule has 8 nitrogen and oxygen atoms in total. The molecule has 126 valence electrons. The normalized spacial score (nSPS) is 18.6. The summed E-state index contributed by atoms with van der Waals surface area (Å²) in [5, 5.41) is 0. The predicted octanol–water partition coefficient (Wildman–Crippen LogP) is 1.56. The molecule has 0 aromatic heterocycles. The van der Waals surface area contributed by atoms with Crippen LogP contribution in [0, 0.1) is 5.92 Å². The van der Waals surface area contributed by atoms with E-state index in [1.807, 2.05) is 0 Å². The third kappa shape index (κ3) is 7.26. The molecule has 1 saturated heterocycles. The number of rotatable bonds is 11. The van der Waals surface area contributed by atoms with Crippen LogP contribution in [0.2, 0.25) is 0 Å². The molecule has 0 aromatic carbocycles. The molecule has 1 aliphatic rings. The second-order valence-corrected chi connectivity index (χ2v) is 5.73. The Morgan fingerprint density at radius 1 is 1.36 bits per heavy atom. The first kappa shape index (κ1) is 19.0. The third-order valence-corrected chi connectivity index (χ3v) is 3.58. The van der Waals surface area contributed by atoms with Gasteiger partial charge in [-0.15, -0.1) is 4.89 Å². The number of hydrogen-bond donors (Lipinski definition) is 1. The highest BCUT2D eigenvalue weighted by molar-refractivity contribution is 7.31. The molecule has 1 amide bonds. The monoisotopic (exact) mass is 336 g/mol. The quantitative estimate of drug-likeness (QED) is 0.201. The average molecular weight is 336 g/mol. The molecular formula is C13H23NO7P+. The van der Waals surface area contributed by atoms with Gasteiger partial charge in [-0.25, -0.2) is 0 Å². The molecule has 1 fully saturated rings. The lowest BCUT2D eigenvalue weighted by Gasteiger charge is -2.14. The number of nitrogens with zero attached hydrogens (tertiary/aromatic N) is 1. The van der Waals surface area contributed by atoms with Gasteiger partial charge in [-0.3, -0.25) is 9.59 Å². The zero-order valence-electron chi connectivity index (χ0n) is 12.7. The number of carbonyl (C=O) groups is 2. The minimum Gasteiger partial charge on any atom is -0.465 e. The number of ether oxygens (including phenoxy) is 1. The first-order chi connectivity index (χ1) is 10.5. The SMILES string of the molecule is CCCCCCOC(=O)C1CC(=O)N(CCOO[P+](=O)O)C1. The molecule has 1 rings (SSSR count). The zero-order valence-corrected chi connectivity index (χ0v) is 13.6. The highest BCUT2D eigenvalue weighted by Crippen LogP contribution is 2.20. The number of likely N-dealkylation sites (tertiary alicyclic amines) is 1.